The second-order valence-corrected chi connectivity index (χ2v) is 4.80. The molecule has 0 atom stereocenters. The van der Waals surface area contributed by atoms with Gasteiger partial charge in [-0.05, 0) is 24.8 Å². The van der Waals surface area contributed by atoms with Crippen LogP contribution in [0.15, 0.2) is 30.3 Å². The van der Waals surface area contributed by atoms with E-state index in [2.05, 4.69) is 38.2 Å². The van der Waals surface area contributed by atoms with Crippen LogP contribution in [-0.4, -0.2) is 11.3 Å². The summed E-state index contributed by atoms with van der Waals surface area (Å²) in [7, 11) is 0. The Hall–Kier alpha value is -1.15. The number of hydrogen-bond acceptors (Lipinski definition) is 2. The zero-order valence-corrected chi connectivity index (χ0v) is 11.8. The number of carbonyl (C=O) groups is 1. The Bertz CT molecular complexity index is 355. The molecule has 2 heteroatoms. The van der Waals surface area contributed by atoms with Crippen LogP contribution in [0.3, 0.4) is 0 Å². The Balaban J connectivity index is 2.71. The molecule has 0 saturated heterocycles. The molecule has 0 heterocycles. The standard InChI is InChI=1S/C16H25NO/c1-4-10-15(18)16(5-2,6-3)17-13-14-11-8-7-9-12-14/h7-9,11-12,17H,4-6,10,13H2,1-3H3. The summed E-state index contributed by atoms with van der Waals surface area (Å²) in [4.78, 5) is 12.3. The number of rotatable bonds is 8. The predicted molar refractivity (Wildman–Crippen MR) is 76.5 cm³/mol. The molecule has 0 aliphatic rings. The Morgan fingerprint density at radius 1 is 1.11 bits per heavy atom. The number of Topliss-reactive ketones (excluding diaryl/α,β-unsaturated/α-hetero) is 1. The lowest BCUT2D eigenvalue weighted by atomic mass is 9.85. The number of benzene rings is 1. The lowest BCUT2D eigenvalue weighted by Crippen LogP contribution is -2.50. The molecule has 18 heavy (non-hydrogen) atoms. The Morgan fingerprint density at radius 2 is 1.72 bits per heavy atom. The first-order valence-electron chi connectivity index (χ1n) is 7.00. The second-order valence-electron chi connectivity index (χ2n) is 4.80. The highest BCUT2D eigenvalue weighted by molar-refractivity contribution is 5.88. The molecule has 0 unspecified atom stereocenters. The molecule has 0 aliphatic carbocycles. The third-order valence-electron chi connectivity index (χ3n) is 3.69. The predicted octanol–water partition coefficient (Wildman–Crippen LogP) is 3.70. The van der Waals surface area contributed by atoms with Gasteiger partial charge in [0.25, 0.3) is 0 Å². The van der Waals surface area contributed by atoms with Crippen molar-refractivity contribution >= 4 is 5.78 Å². The van der Waals surface area contributed by atoms with Crippen molar-refractivity contribution in [3.63, 3.8) is 0 Å². The number of hydrogen-bond donors (Lipinski definition) is 1. The molecule has 0 spiro atoms. The number of carbonyl (C=O) groups excluding carboxylic acids is 1. The van der Waals surface area contributed by atoms with E-state index in [1.165, 1.54) is 5.56 Å². The average molecular weight is 247 g/mol. The molecule has 1 aromatic rings. The SMILES string of the molecule is CCCC(=O)C(CC)(CC)NCc1ccccc1. The van der Waals surface area contributed by atoms with Gasteiger partial charge in [-0.25, -0.2) is 0 Å². The van der Waals surface area contributed by atoms with Crippen molar-refractivity contribution in [2.45, 2.75) is 58.5 Å². The molecule has 1 rings (SSSR count). The van der Waals surface area contributed by atoms with Crippen molar-refractivity contribution in [2.24, 2.45) is 0 Å². The van der Waals surface area contributed by atoms with Gasteiger partial charge in [-0.1, -0.05) is 51.1 Å². The van der Waals surface area contributed by atoms with E-state index in [0.717, 1.165) is 25.8 Å². The Labute approximate surface area is 111 Å². The monoisotopic (exact) mass is 247 g/mol. The van der Waals surface area contributed by atoms with Crippen LogP contribution in [-0.2, 0) is 11.3 Å². The van der Waals surface area contributed by atoms with Gasteiger partial charge in [0, 0.05) is 13.0 Å². The topological polar surface area (TPSA) is 29.1 Å². The first kappa shape index (κ1) is 14.9. The average Bonchev–Trinajstić information content (AvgIpc) is 2.42. The largest absolute Gasteiger partial charge is 0.301 e. The van der Waals surface area contributed by atoms with Gasteiger partial charge in [0.05, 0.1) is 5.54 Å². The molecular weight excluding hydrogens is 222 g/mol. The van der Waals surface area contributed by atoms with Crippen LogP contribution in [0.25, 0.3) is 0 Å². The van der Waals surface area contributed by atoms with Crippen LogP contribution in [0.4, 0.5) is 0 Å². The van der Waals surface area contributed by atoms with Gasteiger partial charge in [-0.2, -0.15) is 0 Å². The summed E-state index contributed by atoms with van der Waals surface area (Å²) in [6.07, 6.45) is 3.31. The zero-order valence-electron chi connectivity index (χ0n) is 11.8. The summed E-state index contributed by atoms with van der Waals surface area (Å²) in [5, 5.41) is 3.48. The first-order chi connectivity index (χ1) is 8.68. The molecule has 0 amide bonds. The quantitative estimate of drug-likeness (QED) is 0.759. The number of ketones is 1. The first-order valence-corrected chi connectivity index (χ1v) is 7.00. The van der Waals surface area contributed by atoms with E-state index in [4.69, 9.17) is 0 Å². The number of nitrogens with one attached hydrogen (secondary N) is 1. The van der Waals surface area contributed by atoms with E-state index < -0.39 is 0 Å². The molecule has 0 radical (unpaired) electrons. The highest BCUT2D eigenvalue weighted by Gasteiger charge is 2.32. The van der Waals surface area contributed by atoms with Crippen molar-refractivity contribution in [1.29, 1.82) is 0 Å². The minimum absolute atomic E-state index is 0.341. The minimum Gasteiger partial charge on any atom is -0.301 e. The highest BCUT2D eigenvalue weighted by atomic mass is 16.1. The Kier molecular flexibility index (Phi) is 6.06. The maximum Gasteiger partial charge on any atom is 0.152 e. The summed E-state index contributed by atoms with van der Waals surface area (Å²) < 4.78 is 0. The molecule has 1 aromatic carbocycles. The van der Waals surface area contributed by atoms with E-state index in [1.807, 2.05) is 18.2 Å². The smallest absolute Gasteiger partial charge is 0.152 e. The van der Waals surface area contributed by atoms with Gasteiger partial charge < -0.3 is 5.32 Å². The van der Waals surface area contributed by atoms with Crippen LogP contribution in [0.1, 0.15) is 52.0 Å². The molecule has 1 N–H and O–H groups in total. The summed E-state index contributed by atoms with van der Waals surface area (Å²) in [5.74, 6) is 0.353. The molecule has 0 fully saturated rings. The second kappa shape index (κ2) is 7.32. The van der Waals surface area contributed by atoms with Crippen LogP contribution >= 0.6 is 0 Å². The van der Waals surface area contributed by atoms with Crippen molar-refractivity contribution in [1.82, 2.24) is 5.32 Å². The van der Waals surface area contributed by atoms with Crippen molar-refractivity contribution < 1.29 is 4.79 Å². The molecule has 100 valence electrons. The third kappa shape index (κ3) is 3.67. The van der Waals surface area contributed by atoms with Gasteiger partial charge in [-0.3, -0.25) is 4.79 Å². The maximum absolute atomic E-state index is 12.3. The summed E-state index contributed by atoms with van der Waals surface area (Å²) in [6, 6.07) is 10.3. The van der Waals surface area contributed by atoms with Gasteiger partial charge in [-0.15, -0.1) is 0 Å². The fourth-order valence-electron chi connectivity index (χ4n) is 2.33. The molecular formula is C16H25NO. The summed E-state index contributed by atoms with van der Waals surface area (Å²) in [5.41, 5.74) is 0.888. The van der Waals surface area contributed by atoms with Gasteiger partial charge in [0.15, 0.2) is 5.78 Å². The molecule has 0 aliphatic heterocycles. The summed E-state index contributed by atoms with van der Waals surface area (Å²) >= 11 is 0. The normalized spacial score (nSPS) is 11.5. The minimum atomic E-state index is -0.341. The highest BCUT2D eigenvalue weighted by Crippen LogP contribution is 2.20. The van der Waals surface area contributed by atoms with Crippen LogP contribution in [0, 0.1) is 0 Å². The molecule has 0 bridgehead atoms. The molecule has 0 aromatic heterocycles. The van der Waals surface area contributed by atoms with E-state index in [1.54, 1.807) is 0 Å². The van der Waals surface area contributed by atoms with Gasteiger partial charge in [0.2, 0.25) is 0 Å². The lowest BCUT2D eigenvalue weighted by Gasteiger charge is -2.31. The molecule has 2 nitrogen and oxygen atoms in total. The summed E-state index contributed by atoms with van der Waals surface area (Å²) in [6.45, 7) is 7.01. The van der Waals surface area contributed by atoms with Crippen molar-refractivity contribution in [2.75, 3.05) is 0 Å². The van der Waals surface area contributed by atoms with E-state index >= 15 is 0 Å². The van der Waals surface area contributed by atoms with Crippen LogP contribution in [0.5, 0.6) is 0 Å². The van der Waals surface area contributed by atoms with Gasteiger partial charge >= 0.3 is 0 Å². The van der Waals surface area contributed by atoms with Crippen LogP contribution < -0.4 is 5.32 Å². The fraction of sp³-hybridized carbons (Fsp3) is 0.562. The Morgan fingerprint density at radius 3 is 2.22 bits per heavy atom. The zero-order chi connectivity index (χ0) is 13.4. The van der Waals surface area contributed by atoms with Crippen LogP contribution in [0.2, 0.25) is 0 Å². The van der Waals surface area contributed by atoms with E-state index in [-0.39, 0.29) is 5.54 Å². The molecule has 0 saturated carbocycles. The van der Waals surface area contributed by atoms with E-state index in [0.29, 0.717) is 12.2 Å². The maximum atomic E-state index is 12.3. The third-order valence-corrected chi connectivity index (χ3v) is 3.69. The van der Waals surface area contributed by atoms with E-state index in [9.17, 15) is 4.79 Å². The van der Waals surface area contributed by atoms with Crippen molar-refractivity contribution in [3.8, 4) is 0 Å². The fourth-order valence-corrected chi connectivity index (χ4v) is 2.33. The van der Waals surface area contributed by atoms with Gasteiger partial charge in [0.1, 0.15) is 0 Å². The van der Waals surface area contributed by atoms with Crippen molar-refractivity contribution in [3.05, 3.63) is 35.9 Å². The lowest BCUT2D eigenvalue weighted by molar-refractivity contribution is -0.126.